The van der Waals surface area contributed by atoms with Crippen LogP contribution >= 0.6 is 0 Å². The van der Waals surface area contributed by atoms with Crippen molar-refractivity contribution in [2.24, 2.45) is 0 Å². The number of phenols is 1. The molecular weight excluding hydrogens is 304 g/mol. The van der Waals surface area contributed by atoms with Crippen LogP contribution in [0.15, 0.2) is 24.3 Å². The summed E-state index contributed by atoms with van der Waals surface area (Å²) in [5.74, 6) is -0.458. The van der Waals surface area contributed by atoms with Crippen molar-refractivity contribution in [3.8, 4) is 11.5 Å². The van der Waals surface area contributed by atoms with Crippen LogP contribution in [0.4, 0.5) is 0 Å². The molecule has 0 heterocycles. The normalized spacial score (nSPS) is 15.2. The average molecular weight is 326 g/mol. The Balaban J connectivity index is 2.53. The fraction of sp³-hybridized carbons (Fsp3) is 0.438. The van der Waals surface area contributed by atoms with Gasteiger partial charge in [0.2, 0.25) is 0 Å². The molecule has 0 saturated heterocycles. The number of aliphatic hydroxyl groups excluding tert-OH is 3. The third-order valence-corrected chi connectivity index (χ3v) is 3.22. The van der Waals surface area contributed by atoms with Crippen molar-refractivity contribution < 1.29 is 34.7 Å². The van der Waals surface area contributed by atoms with E-state index in [0.29, 0.717) is 5.56 Å². The first-order valence-corrected chi connectivity index (χ1v) is 7.15. The van der Waals surface area contributed by atoms with Gasteiger partial charge >= 0.3 is 5.97 Å². The highest BCUT2D eigenvalue weighted by Crippen LogP contribution is 2.26. The van der Waals surface area contributed by atoms with Gasteiger partial charge in [-0.05, 0) is 30.2 Å². The van der Waals surface area contributed by atoms with Crippen LogP contribution in [0, 0.1) is 0 Å². The van der Waals surface area contributed by atoms with E-state index in [2.05, 4.69) is 0 Å². The highest BCUT2D eigenvalue weighted by atomic mass is 16.5. The largest absolute Gasteiger partial charge is 0.504 e. The van der Waals surface area contributed by atoms with E-state index in [1.165, 1.54) is 25.3 Å². The lowest BCUT2D eigenvalue weighted by molar-refractivity contribution is -0.145. The Hall–Kier alpha value is -2.09. The lowest BCUT2D eigenvalue weighted by Crippen LogP contribution is -2.40. The molecule has 23 heavy (non-hydrogen) atoms. The van der Waals surface area contributed by atoms with Crippen LogP contribution in [0.25, 0.3) is 6.08 Å². The van der Waals surface area contributed by atoms with E-state index in [0.717, 1.165) is 6.08 Å². The van der Waals surface area contributed by atoms with Crippen LogP contribution in [0.2, 0.25) is 0 Å². The van der Waals surface area contributed by atoms with Gasteiger partial charge in [-0.3, -0.25) is 0 Å². The first kappa shape index (κ1) is 19.0. The van der Waals surface area contributed by atoms with Gasteiger partial charge in [0.25, 0.3) is 0 Å². The smallest absolute Gasteiger partial charge is 0.330 e. The van der Waals surface area contributed by atoms with Crippen molar-refractivity contribution in [1.82, 2.24) is 0 Å². The topological polar surface area (TPSA) is 116 Å². The van der Waals surface area contributed by atoms with Gasteiger partial charge in [-0.15, -0.1) is 0 Å². The van der Waals surface area contributed by atoms with Crippen molar-refractivity contribution in [1.29, 1.82) is 0 Å². The molecule has 1 rings (SSSR count). The number of hydrogen-bond donors (Lipinski definition) is 4. The summed E-state index contributed by atoms with van der Waals surface area (Å²) in [5, 5.41) is 38.0. The second kappa shape index (κ2) is 9.14. The standard InChI is InChI=1S/C16H22O7/c1-3-11(17)16(21)13(19)9-23-15(20)7-5-10-4-6-12(18)14(8-10)22-2/h4-8,11,13,16-19,21H,3,9H2,1-2H3/b7-5+. The average Bonchev–Trinajstić information content (AvgIpc) is 2.57. The molecule has 0 aliphatic carbocycles. The molecule has 0 saturated carbocycles. The van der Waals surface area contributed by atoms with Crippen LogP contribution in [-0.4, -0.2) is 58.4 Å². The molecule has 0 amide bonds. The molecule has 1 aromatic carbocycles. The number of aromatic hydroxyl groups is 1. The number of esters is 1. The summed E-state index contributed by atoms with van der Waals surface area (Å²) < 4.78 is 9.74. The minimum absolute atomic E-state index is 0.0150. The van der Waals surface area contributed by atoms with Gasteiger partial charge in [-0.2, -0.15) is 0 Å². The van der Waals surface area contributed by atoms with E-state index in [1.54, 1.807) is 13.0 Å². The minimum Gasteiger partial charge on any atom is -0.504 e. The molecule has 0 aromatic heterocycles. The van der Waals surface area contributed by atoms with Gasteiger partial charge in [0.1, 0.15) is 18.8 Å². The Morgan fingerprint density at radius 3 is 2.57 bits per heavy atom. The zero-order valence-corrected chi connectivity index (χ0v) is 13.0. The molecule has 0 bridgehead atoms. The Morgan fingerprint density at radius 1 is 1.26 bits per heavy atom. The lowest BCUT2D eigenvalue weighted by Gasteiger charge is -2.21. The van der Waals surface area contributed by atoms with Gasteiger partial charge in [-0.1, -0.05) is 13.0 Å². The van der Waals surface area contributed by atoms with Crippen LogP contribution in [0.3, 0.4) is 0 Å². The molecule has 0 radical (unpaired) electrons. The minimum atomic E-state index is -1.38. The Morgan fingerprint density at radius 2 is 1.96 bits per heavy atom. The van der Waals surface area contributed by atoms with E-state index in [1.807, 2.05) is 0 Å². The van der Waals surface area contributed by atoms with Gasteiger partial charge in [0, 0.05) is 6.08 Å². The molecule has 3 unspecified atom stereocenters. The summed E-state index contributed by atoms with van der Waals surface area (Å²) in [6, 6.07) is 4.54. The third kappa shape index (κ3) is 5.90. The number of aliphatic hydroxyl groups is 3. The van der Waals surface area contributed by atoms with Crippen LogP contribution < -0.4 is 4.74 Å². The Kier molecular flexibility index (Phi) is 7.53. The van der Waals surface area contributed by atoms with Crippen molar-refractivity contribution >= 4 is 12.0 Å². The molecule has 0 spiro atoms. The number of phenolic OH excluding ortho intramolecular Hbond substituents is 1. The number of carbonyl (C=O) groups is 1. The van der Waals surface area contributed by atoms with Gasteiger partial charge < -0.3 is 29.9 Å². The van der Waals surface area contributed by atoms with Crippen molar-refractivity contribution in [3.05, 3.63) is 29.8 Å². The van der Waals surface area contributed by atoms with E-state index in [4.69, 9.17) is 9.47 Å². The predicted molar refractivity (Wildman–Crippen MR) is 83.0 cm³/mol. The number of hydrogen-bond acceptors (Lipinski definition) is 7. The zero-order chi connectivity index (χ0) is 17.4. The molecule has 7 heteroatoms. The van der Waals surface area contributed by atoms with Crippen LogP contribution in [0.1, 0.15) is 18.9 Å². The predicted octanol–water partition coefficient (Wildman–Crippen LogP) is 0.450. The summed E-state index contributed by atoms with van der Waals surface area (Å²) in [6.45, 7) is 1.22. The van der Waals surface area contributed by atoms with Gasteiger partial charge in [-0.25, -0.2) is 4.79 Å². The number of rotatable bonds is 8. The first-order chi connectivity index (χ1) is 10.9. The van der Waals surface area contributed by atoms with Crippen molar-refractivity contribution in [3.63, 3.8) is 0 Å². The first-order valence-electron chi connectivity index (χ1n) is 7.15. The molecule has 7 nitrogen and oxygen atoms in total. The van der Waals surface area contributed by atoms with E-state index in [-0.39, 0.29) is 17.9 Å². The number of methoxy groups -OCH3 is 1. The number of benzene rings is 1. The fourth-order valence-electron chi connectivity index (χ4n) is 1.77. The zero-order valence-electron chi connectivity index (χ0n) is 13.0. The second-order valence-corrected chi connectivity index (χ2v) is 4.93. The highest BCUT2D eigenvalue weighted by Gasteiger charge is 2.24. The van der Waals surface area contributed by atoms with Crippen LogP contribution in [0.5, 0.6) is 11.5 Å². The van der Waals surface area contributed by atoms with Gasteiger partial charge in [0.05, 0.1) is 13.2 Å². The SMILES string of the molecule is CCC(O)C(O)C(O)COC(=O)/C=C/c1ccc(O)c(OC)c1. The number of carbonyl (C=O) groups excluding carboxylic acids is 1. The molecule has 0 aliphatic rings. The molecule has 4 N–H and O–H groups in total. The van der Waals surface area contributed by atoms with E-state index in [9.17, 15) is 25.2 Å². The summed E-state index contributed by atoms with van der Waals surface area (Å²) in [7, 11) is 1.41. The Bertz CT molecular complexity index is 541. The highest BCUT2D eigenvalue weighted by molar-refractivity contribution is 5.87. The summed E-state index contributed by atoms with van der Waals surface area (Å²) >= 11 is 0. The van der Waals surface area contributed by atoms with E-state index < -0.39 is 30.9 Å². The summed E-state index contributed by atoms with van der Waals surface area (Å²) in [4.78, 5) is 11.6. The summed E-state index contributed by atoms with van der Waals surface area (Å²) in [6.07, 6.45) is -0.956. The molecule has 0 aliphatic heterocycles. The third-order valence-electron chi connectivity index (χ3n) is 3.22. The lowest BCUT2D eigenvalue weighted by atomic mass is 10.1. The molecule has 3 atom stereocenters. The van der Waals surface area contributed by atoms with E-state index >= 15 is 0 Å². The van der Waals surface area contributed by atoms with Crippen molar-refractivity contribution in [2.45, 2.75) is 31.7 Å². The van der Waals surface area contributed by atoms with Crippen molar-refractivity contribution in [2.75, 3.05) is 13.7 Å². The quantitative estimate of drug-likeness (QED) is 0.405. The van der Waals surface area contributed by atoms with Crippen LogP contribution in [-0.2, 0) is 9.53 Å². The molecule has 1 aromatic rings. The van der Waals surface area contributed by atoms with Gasteiger partial charge in [0.15, 0.2) is 11.5 Å². The monoisotopic (exact) mass is 326 g/mol. The molecule has 0 fully saturated rings. The fourth-order valence-corrected chi connectivity index (χ4v) is 1.77. The maximum absolute atomic E-state index is 11.6. The maximum Gasteiger partial charge on any atom is 0.330 e. The Labute approximate surface area is 134 Å². The molecule has 128 valence electrons. The second-order valence-electron chi connectivity index (χ2n) is 4.93. The maximum atomic E-state index is 11.6. The summed E-state index contributed by atoms with van der Waals surface area (Å²) in [5.41, 5.74) is 0.610. The number of ether oxygens (including phenoxy) is 2. The molecular formula is C16H22O7.